The summed E-state index contributed by atoms with van der Waals surface area (Å²) in [6, 6.07) is 21.2. The number of carbonyl (C=O) groups excluding carboxylic acids is 4. The molecule has 0 aromatic heterocycles. The highest BCUT2D eigenvalue weighted by molar-refractivity contribution is 5.70. The topological polar surface area (TPSA) is 142 Å². The normalized spacial score (nSPS) is 16.7. The second-order valence-corrected chi connectivity index (χ2v) is 30.1. The van der Waals surface area contributed by atoms with Gasteiger partial charge in [-0.3, -0.25) is 0 Å². The van der Waals surface area contributed by atoms with Crippen molar-refractivity contribution in [2.75, 3.05) is 0 Å². The predicted octanol–water partition coefficient (Wildman–Crippen LogP) is 20.5. The molecule has 7 rings (SSSR count). The fraction of sp³-hybridized carbons (Fsp3) is 0.616. The van der Waals surface area contributed by atoms with Gasteiger partial charge in [0.15, 0.2) is 0 Å². The number of aryl methyl sites for hydroxylation is 2. The molecule has 3 aliphatic rings. The first kappa shape index (κ1) is 66.5. The zero-order valence-electron chi connectivity index (χ0n) is 55.1. The predicted molar refractivity (Wildman–Crippen MR) is 336 cm³/mol. The Labute approximate surface area is 509 Å². The van der Waals surface area contributed by atoms with Crippen molar-refractivity contribution in [3.05, 3.63) is 116 Å². The van der Waals surface area contributed by atoms with Gasteiger partial charge in [0.2, 0.25) is 0 Å². The van der Waals surface area contributed by atoms with Crippen LogP contribution < -0.4 is 18.9 Å². The van der Waals surface area contributed by atoms with Crippen molar-refractivity contribution >= 4 is 24.6 Å². The zero-order valence-corrected chi connectivity index (χ0v) is 55.1. The van der Waals surface area contributed by atoms with Crippen molar-refractivity contribution in [1.29, 1.82) is 0 Å². The second-order valence-electron chi connectivity index (χ2n) is 30.1. The Hall–Kier alpha value is -6.04. The van der Waals surface area contributed by atoms with E-state index in [1.807, 2.05) is 72.7 Å². The molecule has 12 heteroatoms. The Bertz CT molecular complexity index is 3000. The van der Waals surface area contributed by atoms with Crippen molar-refractivity contribution in [2.24, 2.45) is 0 Å². The minimum absolute atomic E-state index is 0.234. The molecule has 0 radical (unpaired) electrons. The molecule has 85 heavy (non-hydrogen) atoms. The van der Waals surface area contributed by atoms with Crippen LogP contribution in [0.3, 0.4) is 0 Å². The quantitative estimate of drug-likeness (QED) is 0.0635. The van der Waals surface area contributed by atoms with Crippen LogP contribution in [-0.2, 0) is 41.6 Å². The molecule has 0 spiro atoms. The molecule has 0 saturated heterocycles. The van der Waals surface area contributed by atoms with Gasteiger partial charge in [-0.05, 0) is 198 Å². The van der Waals surface area contributed by atoms with Crippen LogP contribution in [0.25, 0.3) is 0 Å². The van der Waals surface area contributed by atoms with Gasteiger partial charge in [0.25, 0.3) is 0 Å². The number of benzene rings is 4. The van der Waals surface area contributed by atoms with E-state index < -0.39 is 63.3 Å². The molecule has 12 nitrogen and oxygen atoms in total. The molecule has 0 N–H and O–H groups in total. The number of hydrogen-bond acceptors (Lipinski definition) is 12. The van der Waals surface area contributed by atoms with E-state index in [2.05, 4.69) is 71.0 Å². The zero-order chi connectivity index (χ0) is 62.5. The molecule has 0 heterocycles. The van der Waals surface area contributed by atoms with Gasteiger partial charge in [0.1, 0.15) is 45.4 Å². The van der Waals surface area contributed by atoms with Crippen LogP contribution in [0.4, 0.5) is 19.2 Å². The minimum Gasteiger partial charge on any atom is -0.428 e. The van der Waals surface area contributed by atoms with Gasteiger partial charge in [-0.15, -0.1) is 0 Å². The maximum Gasteiger partial charge on any atom is 0.514 e. The Morgan fingerprint density at radius 3 is 1.22 bits per heavy atom. The molecule has 0 bridgehead atoms. The number of rotatable bonds is 15. The molecular formula is C73H102O12. The van der Waals surface area contributed by atoms with Gasteiger partial charge in [-0.2, -0.15) is 0 Å². The number of ether oxygens (including phenoxy) is 8. The molecule has 3 saturated carbocycles. The van der Waals surface area contributed by atoms with E-state index in [1.54, 1.807) is 41.5 Å². The van der Waals surface area contributed by atoms with E-state index in [0.29, 0.717) is 47.3 Å². The third kappa shape index (κ3) is 18.3. The molecule has 0 amide bonds. The summed E-state index contributed by atoms with van der Waals surface area (Å²) in [4.78, 5) is 55.2. The van der Waals surface area contributed by atoms with Crippen LogP contribution in [0, 0.1) is 13.8 Å². The van der Waals surface area contributed by atoms with E-state index in [0.717, 1.165) is 134 Å². The summed E-state index contributed by atoms with van der Waals surface area (Å²) in [5, 5.41) is 0. The molecule has 0 atom stereocenters. The first-order valence-corrected chi connectivity index (χ1v) is 31.7. The maximum absolute atomic E-state index is 14.5. The average molecular weight is 1170 g/mol. The van der Waals surface area contributed by atoms with Crippen molar-refractivity contribution in [3.63, 3.8) is 0 Å². The van der Waals surface area contributed by atoms with Crippen LogP contribution >= 0.6 is 0 Å². The maximum atomic E-state index is 14.5. The van der Waals surface area contributed by atoms with E-state index in [-0.39, 0.29) is 12.3 Å². The molecule has 4 aromatic rings. The largest absolute Gasteiger partial charge is 0.514 e. The summed E-state index contributed by atoms with van der Waals surface area (Å²) in [6.45, 7) is 34.6. The van der Waals surface area contributed by atoms with Gasteiger partial charge in [-0.1, -0.05) is 152 Å². The molecule has 4 aromatic carbocycles. The Morgan fingerprint density at radius 2 is 0.812 bits per heavy atom. The lowest BCUT2D eigenvalue weighted by molar-refractivity contribution is -0.000587. The van der Waals surface area contributed by atoms with E-state index in [4.69, 9.17) is 37.9 Å². The van der Waals surface area contributed by atoms with Crippen molar-refractivity contribution < 1.29 is 57.1 Å². The lowest BCUT2D eigenvalue weighted by atomic mass is 9.64. The van der Waals surface area contributed by atoms with Crippen molar-refractivity contribution in [3.8, 4) is 23.0 Å². The molecular weight excluding hydrogens is 1070 g/mol. The Morgan fingerprint density at radius 1 is 0.435 bits per heavy atom. The van der Waals surface area contributed by atoms with Gasteiger partial charge in [0, 0.05) is 34.1 Å². The summed E-state index contributed by atoms with van der Waals surface area (Å²) in [6.07, 6.45) is 14.0. The molecule has 0 unspecified atom stereocenters. The lowest BCUT2D eigenvalue weighted by Gasteiger charge is -2.40. The fourth-order valence-corrected chi connectivity index (χ4v) is 12.9. The van der Waals surface area contributed by atoms with Crippen LogP contribution in [-0.4, -0.2) is 47.0 Å². The first-order chi connectivity index (χ1) is 39.5. The van der Waals surface area contributed by atoms with Crippen LogP contribution in [0.2, 0.25) is 0 Å². The standard InChI is InChI=1S/C73H102O12/c1-47-40-51(61(57(42-47)67(3,4)5)80-65(76)83-69(9,10)11)44-52-41-48(2)43-58(62(52)81-66(77)84-70(12,13)14)71(15,16)38-39-72(17,18)85-64(75)79-60-46-54(33-35-56(60)50-30-24-20-25-31-50)73(36-26-21-27-37-73)53-32-34-55(49-28-22-19-23-29-49)59(45-53)78-63(74)82-68(6,7)8/h32-35,40-43,45-46,49-50H,19-31,36-39,44H2,1-18H3. The summed E-state index contributed by atoms with van der Waals surface area (Å²) in [5.41, 5.74) is 4.32. The average Bonchev–Trinajstić information content (AvgIpc) is 3.28. The smallest absolute Gasteiger partial charge is 0.428 e. The molecule has 3 aliphatic carbocycles. The SMILES string of the molecule is Cc1cc(Cc2cc(C)cc(C(C)(C)CCC(C)(C)OC(=O)Oc3cc(C4(c5ccc(C6CCCCC6)c(OC(=O)OC(C)(C)C)c5)CCCCC4)ccc3C3CCCCC3)c2OC(=O)OC(C)(C)C)c(OC(=O)OC(C)(C)C)c(C(C)(C)C)c1. The van der Waals surface area contributed by atoms with Gasteiger partial charge in [0.05, 0.1) is 0 Å². The second kappa shape index (κ2) is 26.5. The highest BCUT2D eigenvalue weighted by atomic mass is 16.8. The highest BCUT2D eigenvalue weighted by Gasteiger charge is 2.40. The molecule has 0 aliphatic heterocycles. The van der Waals surface area contributed by atoms with Gasteiger partial charge in [-0.25, -0.2) is 19.2 Å². The van der Waals surface area contributed by atoms with Crippen LogP contribution in [0.15, 0.2) is 60.7 Å². The van der Waals surface area contributed by atoms with E-state index in [9.17, 15) is 19.2 Å². The number of carbonyl (C=O) groups is 4. The van der Waals surface area contributed by atoms with E-state index in [1.165, 1.54) is 12.8 Å². The molecule has 466 valence electrons. The summed E-state index contributed by atoms with van der Waals surface area (Å²) < 4.78 is 48.8. The van der Waals surface area contributed by atoms with Crippen molar-refractivity contribution in [2.45, 2.75) is 291 Å². The molecule has 3 fully saturated rings. The highest BCUT2D eigenvalue weighted by Crippen LogP contribution is 2.51. The third-order valence-electron chi connectivity index (χ3n) is 17.1. The summed E-state index contributed by atoms with van der Waals surface area (Å²) >= 11 is 0. The van der Waals surface area contributed by atoms with Gasteiger partial charge < -0.3 is 37.9 Å². The Kier molecular flexibility index (Phi) is 20.7. The van der Waals surface area contributed by atoms with Gasteiger partial charge >= 0.3 is 24.6 Å². The minimum atomic E-state index is -0.996. The lowest BCUT2D eigenvalue weighted by Crippen LogP contribution is -2.33. The van der Waals surface area contributed by atoms with Crippen LogP contribution in [0.5, 0.6) is 23.0 Å². The fourth-order valence-electron chi connectivity index (χ4n) is 12.9. The Balaban J connectivity index is 1.20. The summed E-state index contributed by atoms with van der Waals surface area (Å²) in [5.74, 6) is 2.37. The van der Waals surface area contributed by atoms with E-state index >= 15 is 0 Å². The first-order valence-electron chi connectivity index (χ1n) is 31.7. The van der Waals surface area contributed by atoms with Crippen molar-refractivity contribution in [1.82, 2.24) is 0 Å². The number of hydrogen-bond donors (Lipinski definition) is 0. The third-order valence-corrected chi connectivity index (χ3v) is 17.1. The summed E-state index contributed by atoms with van der Waals surface area (Å²) in [7, 11) is 0. The van der Waals surface area contributed by atoms with Crippen LogP contribution in [0.1, 0.15) is 287 Å². The monoisotopic (exact) mass is 1170 g/mol.